The number of hydrogen-bond acceptors (Lipinski definition) is 3. The summed E-state index contributed by atoms with van der Waals surface area (Å²) in [5, 5.41) is 17.2. The standard InChI is InChI=1S/C21H29N3O2/c1-4-22-20(23-14-17-10-8-9-11-18(17)15-26-3)24-16-21(2,25)19-12-6-5-7-13-19/h5-13,25H,4,14-16H2,1-3H3,(H2,22,23,24). The van der Waals surface area contributed by atoms with Crippen molar-refractivity contribution in [3.63, 3.8) is 0 Å². The van der Waals surface area contributed by atoms with E-state index < -0.39 is 5.60 Å². The van der Waals surface area contributed by atoms with Crippen molar-refractivity contribution < 1.29 is 9.84 Å². The van der Waals surface area contributed by atoms with Gasteiger partial charge in [0.2, 0.25) is 0 Å². The second-order valence-corrected chi connectivity index (χ2v) is 6.39. The van der Waals surface area contributed by atoms with Crippen LogP contribution in [0.1, 0.15) is 30.5 Å². The highest BCUT2D eigenvalue weighted by Crippen LogP contribution is 2.19. The lowest BCUT2D eigenvalue weighted by molar-refractivity contribution is 0.0617. The van der Waals surface area contributed by atoms with Gasteiger partial charge in [0.1, 0.15) is 5.60 Å². The summed E-state index contributed by atoms with van der Waals surface area (Å²) >= 11 is 0. The van der Waals surface area contributed by atoms with Gasteiger partial charge in [0.15, 0.2) is 5.96 Å². The molecule has 0 saturated heterocycles. The van der Waals surface area contributed by atoms with E-state index in [1.165, 1.54) is 0 Å². The third kappa shape index (κ3) is 5.86. The number of benzene rings is 2. The van der Waals surface area contributed by atoms with Crippen molar-refractivity contribution in [3.8, 4) is 0 Å². The zero-order valence-corrected chi connectivity index (χ0v) is 15.8. The molecule has 0 aliphatic heterocycles. The molecular formula is C21H29N3O2. The molecule has 0 aliphatic carbocycles. The molecule has 2 rings (SSSR count). The second kappa shape index (κ2) is 9.94. The van der Waals surface area contributed by atoms with Crippen molar-refractivity contribution in [2.24, 2.45) is 4.99 Å². The molecule has 0 radical (unpaired) electrons. The number of ether oxygens (including phenoxy) is 1. The molecule has 140 valence electrons. The van der Waals surface area contributed by atoms with Gasteiger partial charge in [-0.2, -0.15) is 0 Å². The van der Waals surface area contributed by atoms with E-state index in [4.69, 9.17) is 4.74 Å². The molecule has 0 bridgehead atoms. The normalized spacial score (nSPS) is 13.9. The van der Waals surface area contributed by atoms with E-state index in [1.54, 1.807) is 14.0 Å². The smallest absolute Gasteiger partial charge is 0.191 e. The largest absolute Gasteiger partial charge is 0.384 e. The maximum atomic E-state index is 10.7. The molecule has 0 aliphatic rings. The van der Waals surface area contributed by atoms with Crippen molar-refractivity contribution in [2.75, 3.05) is 20.2 Å². The minimum Gasteiger partial charge on any atom is -0.384 e. The summed E-state index contributed by atoms with van der Waals surface area (Å²) in [6.45, 7) is 6.04. The summed E-state index contributed by atoms with van der Waals surface area (Å²) < 4.78 is 5.25. The Hall–Kier alpha value is -2.37. The van der Waals surface area contributed by atoms with Crippen LogP contribution in [0.5, 0.6) is 0 Å². The molecule has 5 heteroatoms. The molecule has 0 amide bonds. The highest BCUT2D eigenvalue weighted by molar-refractivity contribution is 5.79. The molecule has 0 heterocycles. The Kier molecular flexibility index (Phi) is 7.63. The molecule has 3 N–H and O–H groups in total. The average Bonchev–Trinajstić information content (AvgIpc) is 2.66. The van der Waals surface area contributed by atoms with Crippen LogP contribution in [0, 0.1) is 0 Å². The maximum absolute atomic E-state index is 10.7. The molecule has 1 atom stereocenters. The Morgan fingerprint density at radius 1 is 1.04 bits per heavy atom. The van der Waals surface area contributed by atoms with E-state index in [0.717, 1.165) is 23.2 Å². The predicted octanol–water partition coefficient (Wildman–Crippen LogP) is 2.80. The molecule has 1 unspecified atom stereocenters. The SMILES string of the molecule is CCNC(=NCc1ccccc1COC)NCC(C)(O)c1ccccc1. The number of guanidine groups is 1. The van der Waals surface area contributed by atoms with Crippen molar-refractivity contribution in [3.05, 3.63) is 71.3 Å². The fourth-order valence-electron chi connectivity index (χ4n) is 2.67. The Labute approximate surface area is 156 Å². The van der Waals surface area contributed by atoms with Gasteiger partial charge in [-0.15, -0.1) is 0 Å². The van der Waals surface area contributed by atoms with E-state index in [2.05, 4.69) is 27.8 Å². The first-order valence-electron chi connectivity index (χ1n) is 8.92. The summed E-state index contributed by atoms with van der Waals surface area (Å²) in [5.74, 6) is 0.677. The summed E-state index contributed by atoms with van der Waals surface area (Å²) in [7, 11) is 1.69. The van der Waals surface area contributed by atoms with Gasteiger partial charge in [-0.05, 0) is 30.5 Å². The Bertz CT molecular complexity index is 699. The third-order valence-corrected chi connectivity index (χ3v) is 4.17. The van der Waals surface area contributed by atoms with Crippen LogP contribution in [0.3, 0.4) is 0 Å². The lowest BCUT2D eigenvalue weighted by Gasteiger charge is -2.25. The van der Waals surface area contributed by atoms with Gasteiger partial charge >= 0.3 is 0 Å². The van der Waals surface area contributed by atoms with Gasteiger partial charge in [-0.25, -0.2) is 4.99 Å². The molecule has 2 aromatic carbocycles. The van der Waals surface area contributed by atoms with Crippen molar-refractivity contribution in [1.82, 2.24) is 10.6 Å². The first-order chi connectivity index (χ1) is 12.6. The zero-order valence-electron chi connectivity index (χ0n) is 15.8. The molecule has 26 heavy (non-hydrogen) atoms. The highest BCUT2D eigenvalue weighted by Gasteiger charge is 2.22. The number of aliphatic imine (C=N–C) groups is 1. The summed E-state index contributed by atoms with van der Waals surface area (Å²) in [6.07, 6.45) is 0. The van der Waals surface area contributed by atoms with Crippen LogP contribution in [0.2, 0.25) is 0 Å². The van der Waals surface area contributed by atoms with Gasteiger partial charge in [-0.1, -0.05) is 54.6 Å². The quantitative estimate of drug-likeness (QED) is 0.503. The van der Waals surface area contributed by atoms with Crippen molar-refractivity contribution in [2.45, 2.75) is 32.6 Å². The lowest BCUT2D eigenvalue weighted by Crippen LogP contribution is -2.44. The highest BCUT2D eigenvalue weighted by atomic mass is 16.5. The van der Waals surface area contributed by atoms with Crippen LogP contribution >= 0.6 is 0 Å². The predicted molar refractivity (Wildman–Crippen MR) is 106 cm³/mol. The first kappa shape index (κ1) is 19.9. The van der Waals surface area contributed by atoms with E-state index in [1.807, 2.05) is 49.4 Å². The zero-order chi connectivity index (χ0) is 18.8. The summed E-state index contributed by atoms with van der Waals surface area (Å²) in [5.41, 5.74) is 2.15. The summed E-state index contributed by atoms with van der Waals surface area (Å²) in [4.78, 5) is 4.65. The Morgan fingerprint density at radius 3 is 2.35 bits per heavy atom. The molecular weight excluding hydrogens is 326 g/mol. The van der Waals surface area contributed by atoms with Gasteiger partial charge in [0.05, 0.1) is 19.7 Å². The van der Waals surface area contributed by atoms with Crippen LogP contribution in [-0.4, -0.2) is 31.3 Å². The summed E-state index contributed by atoms with van der Waals surface area (Å²) in [6, 6.07) is 17.8. The molecule has 5 nitrogen and oxygen atoms in total. The van der Waals surface area contributed by atoms with E-state index in [9.17, 15) is 5.11 Å². The van der Waals surface area contributed by atoms with E-state index >= 15 is 0 Å². The lowest BCUT2D eigenvalue weighted by atomic mass is 9.96. The maximum Gasteiger partial charge on any atom is 0.191 e. The second-order valence-electron chi connectivity index (χ2n) is 6.39. The number of aliphatic hydroxyl groups is 1. The van der Waals surface area contributed by atoms with E-state index in [-0.39, 0.29) is 0 Å². The molecule has 2 aromatic rings. The number of hydrogen-bond donors (Lipinski definition) is 3. The van der Waals surface area contributed by atoms with Crippen LogP contribution in [-0.2, 0) is 23.5 Å². The third-order valence-electron chi connectivity index (χ3n) is 4.17. The van der Waals surface area contributed by atoms with Gasteiger partial charge in [-0.3, -0.25) is 0 Å². The van der Waals surface area contributed by atoms with E-state index in [0.29, 0.717) is 25.7 Å². The fraction of sp³-hybridized carbons (Fsp3) is 0.381. The van der Waals surface area contributed by atoms with Crippen molar-refractivity contribution in [1.29, 1.82) is 0 Å². The minimum absolute atomic E-state index is 0.364. The fourth-order valence-corrected chi connectivity index (χ4v) is 2.67. The number of nitrogens with one attached hydrogen (secondary N) is 2. The molecule has 0 spiro atoms. The van der Waals surface area contributed by atoms with Crippen LogP contribution < -0.4 is 10.6 Å². The number of nitrogens with zero attached hydrogens (tertiary/aromatic N) is 1. The monoisotopic (exact) mass is 355 g/mol. The molecule has 0 saturated carbocycles. The van der Waals surface area contributed by atoms with Crippen LogP contribution in [0.15, 0.2) is 59.6 Å². The Morgan fingerprint density at radius 2 is 1.69 bits per heavy atom. The van der Waals surface area contributed by atoms with Crippen LogP contribution in [0.4, 0.5) is 0 Å². The topological polar surface area (TPSA) is 65.9 Å². The number of methoxy groups -OCH3 is 1. The van der Waals surface area contributed by atoms with Gasteiger partial charge < -0.3 is 20.5 Å². The number of rotatable bonds is 8. The van der Waals surface area contributed by atoms with Crippen molar-refractivity contribution >= 4 is 5.96 Å². The Balaban J connectivity index is 2.05. The van der Waals surface area contributed by atoms with Gasteiger partial charge in [0.25, 0.3) is 0 Å². The minimum atomic E-state index is -0.981. The first-order valence-corrected chi connectivity index (χ1v) is 8.92. The average molecular weight is 355 g/mol. The van der Waals surface area contributed by atoms with Crippen LogP contribution in [0.25, 0.3) is 0 Å². The van der Waals surface area contributed by atoms with Gasteiger partial charge in [0, 0.05) is 13.7 Å². The molecule has 0 fully saturated rings. The molecule has 0 aromatic heterocycles.